The number of para-hydroxylation sites is 1. The minimum absolute atomic E-state index is 0.233. The van der Waals surface area contributed by atoms with E-state index in [2.05, 4.69) is 0 Å². The van der Waals surface area contributed by atoms with Crippen LogP contribution in [-0.2, 0) is 16.1 Å². The van der Waals surface area contributed by atoms with Gasteiger partial charge in [0.1, 0.15) is 12.4 Å². The monoisotopic (exact) mass is 296 g/mol. The molecule has 2 aromatic carbocycles. The second-order valence-corrected chi connectivity index (χ2v) is 4.78. The second kappa shape index (κ2) is 8.67. The van der Waals surface area contributed by atoms with E-state index < -0.39 is 0 Å². The molecule has 0 radical (unpaired) electrons. The molecule has 0 aromatic heterocycles. The predicted molar refractivity (Wildman–Crippen MR) is 87.5 cm³/mol. The molecule has 0 atom stereocenters. The molecule has 2 aromatic rings. The maximum atomic E-state index is 11.7. The summed E-state index contributed by atoms with van der Waals surface area (Å²) >= 11 is 0. The lowest BCUT2D eigenvalue weighted by Crippen LogP contribution is -2.10. The zero-order chi connectivity index (χ0) is 15.6. The second-order valence-electron chi connectivity index (χ2n) is 4.78. The Bertz CT molecular complexity index is 618. The van der Waals surface area contributed by atoms with Gasteiger partial charge in [0.05, 0.1) is 13.0 Å². The first kappa shape index (κ1) is 15.8. The molecule has 3 heteroatoms. The van der Waals surface area contributed by atoms with Gasteiger partial charge in [-0.1, -0.05) is 60.7 Å². The summed E-state index contributed by atoms with van der Waals surface area (Å²) in [6.07, 6.45) is 4.16. The number of allylic oxidation sites excluding steroid dienone is 1. The Hall–Kier alpha value is -2.55. The third-order valence-electron chi connectivity index (χ3n) is 3.07. The smallest absolute Gasteiger partial charge is 0.309 e. The normalized spacial score (nSPS) is 10.6. The van der Waals surface area contributed by atoms with Crippen LogP contribution in [0.1, 0.15) is 24.5 Å². The van der Waals surface area contributed by atoms with E-state index in [0.717, 1.165) is 16.9 Å². The standard InChI is InChI=1S/C19H20O3/c1-2-8-17-11-6-7-12-18(17)21-14-13-19(20)22-15-16-9-4-3-5-10-16/h2-12H,13-15H2,1H3/b8-2-. The lowest BCUT2D eigenvalue weighted by molar-refractivity contribution is -0.145. The van der Waals surface area contributed by atoms with Gasteiger partial charge >= 0.3 is 5.97 Å². The molecule has 0 unspecified atom stereocenters. The predicted octanol–water partition coefficient (Wildman–Crippen LogP) is 4.23. The summed E-state index contributed by atoms with van der Waals surface area (Å²) < 4.78 is 10.9. The average molecular weight is 296 g/mol. The first-order valence-electron chi connectivity index (χ1n) is 7.33. The largest absolute Gasteiger partial charge is 0.492 e. The van der Waals surface area contributed by atoms with Crippen LogP contribution < -0.4 is 4.74 Å². The third kappa shape index (κ3) is 5.09. The van der Waals surface area contributed by atoms with Gasteiger partial charge in [-0.2, -0.15) is 0 Å². The Balaban J connectivity index is 1.75. The molecule has 0 aliphatic carbocycles. The average Bonchev–Trinajstić information content (AvgIpc) is 2.56. The summed E-state index contributed by atoms with van der Waals surface area (Å²) in [5.41, 5.74) is 1.98. The van der Waals surface area contributed by atoms with Crippen molar-refractivity contribution in [2.75, 3.05) is 6.61 Å². The number of ether oxygens (including phenoxy) is 2. The van der Waals surface area contributed by atoms with Crippen molar-refractivity contribution in [3.05, 3.63) is 71.8 Å². The van der Waals surface area contributed by atoms with E-state index in [-0.39, 0.29) is 12.4 Å². The Morgan fingerprint density at radius 1 is 1.05 bits per heavy atom. The number of hydrogen-bond acceptors (Lipinski definition) is 3. The Morgan fingerprint density at radius 3 is 2.55 bits per heavy atom. The summed E-state index contributed by atoms with van der Waals surface area (Å²) in [6.45, 7) is 2.56. The SMILES string of the molecule is C/C=C\c1ccccc1OCCC(=O)OCc1ccccc1. The van der Waals surface area contributed by atoms with Gasteiger partial charge < -0.3 is 9.47 Å². The number of benzene rings is 2. The molecule has 0 fully saturated rings. The van der Waals surface area contributed by atoms with Crippen LogP contribution >= 0.6 is 0 Å². The fourth-order valence-corrected chi connectivity index (χ4v) is 1.98. The Morgan fingerprint density at radius 2 is 1.77 bits per heavy atom. The van der Waals surface area contributed by atoms with Crippen LogP contribution in [0, 0.1) is 0 Å². The molecule has 22 heavy (non-hydrogen) atoms. The maximum Gasteiger partial charge on any atom is 0.309 e. The Kier molecular flexibility index (Phi) is 6.24. The van der Waals surface area contributed by atoms with E-state index >= 15 is 0 Å². The lowest BCUT2D eigenvalue weighted by Gasteiger charge is -2.09. The zero-order valence-electron chi connectivity index (χ0n) is 12.7. The van der Waals surface area contributed by atoms with E-state index in [4.69, 9.17) is 9.47 Å². The van der Waals surface area contributed by atoms with Crippen molar-refractivity contribution in [2.24, 2.45) is 0 Å². The van der Waals surface area contributed by atoms with Crippen molar-refractivity contribution in [2.45, 2.75) is 20.0 Å². The van der Waals surface area contributed by atoms with Crippen LogP contribution in [-0.4, -0.2) is 12.6 Å². The van der Waals surface area contributed by atoms with Crippen LogP contribution in [0.5, 0.6) is 5.75 Å². The van der Waals surface area contributed by atoms with Gasteiger partial charge in [0.25, 0.3) is 0 Å². The summed E-state index contributed by atoms with van der Waals surface area (Å²) in [5, 5.41) is 0. The fraction of sp³-hybridized carbons (Fsp3) is 0.211. The highest BCUT2D eigenvalue weighted by atomic mass is 16.5. The van der Waals surface area contributed by atoms with E-state index in [1.165, 1.54) is 0 Å². The maximum absolute atomic E-state index is 11.7. The van der Waals surface area contributed by atoms with Crippen LogP contribution in [0.2, 0.25) is 0 Å². The Labute approximate surface area is 131 Å². The van der Waals surface area contributed by atoms with Crippen molar-refractivity contribution in [1.82, 2.24) is 0 Å². The number of carbonyl (C=O) groups excluding carboxylic acids is 1. The van der Waals surface area contributed by atoms with Gasteiger partial charge in [-0.3, -0.25) is 4.79 Å². The minimum Gasteiger partial charge on any atom is -0.492 e. The van der Waals surface area contributed by atoms with Gasteiger partial charge in [0, 0.05) is 5.56 Å². The van der Waals surface area contributed by atoms with Crippen molar-refractivity contribution in [3.63, 3.8) is 0 Å². The first-order chi connectivity index (χ1) is 10.8. The summed E-state index contributed by atoms with van der Waals surface area (Å²) in [5.74, 6) is 0.517. The van der Waals surface area contributed by atoms with Crippen molar-refractivity contribution in [3.8, 4) is 5.75 Å². The van der Waals surface area contributed by atoms with Crippen LogP contribution in [0.3, 0.4) is 0 Å². The molecule has 0 aliphatic heterocycles. The van der Waals surface area contributed by atoms with Crippen LogP contribution in [0.25, 0.3) is 6.08 Å². The summed E-state index contributed by atoms with van der Waals surface area (Å²) in [7, 11) is 0. The first-order valence-corrected chi connectivity index (χ1v) is 7.33. The number of carbonyl (C=O) groups is 1. The van der Waals surface area contributed by atoms with Gasteiger partial charge in [-0.15, -0.1) is 0 Å². The molecule has 0 aliphatic rings. The highest BCUT2D eigenvalue weighted by Crippen LogP contribution is 2.19. The summed E-state index contributed by atoms with van der Waals surface area (Å²) in [4.78, 5) is 11.7. The molecule has 0 saturated heterocycles. The topological polar surface area (TPSA) is 35.5 Å². The molecule has 0 N–H and O–H groups in total. The highest BCUT2D eigenvalue weighted by Gasteiger charge is 2.05. The quantitative estimate of drug-likeness (QED) is 0.717. The highest BCUT2D eigenvalue weighted by molar-refractivity contribution is 5.69. The van der Waals surface area contributed by atoms with E-state index in [9.17, 15) is 4.79 Å². The van der Waals surface area contributed by atoms with Gasteiger partial charge in [-0.25, -0.2) is 0 Å². The summed E-state index contributed by atoms with van der Waals surface area (Å²) in [6, 6.07) is 17.4. The molecule has 2 rings (SSSR count). The van der Waals surface area contributed by atoms with Gasteiger partial charge in [0.15, 0.2) is 0 Å². The zero-order valence-corrected chi connectivity index (χ0v) is 12.7. The third-order valence-corrected chi connectivity index (χ3v) is 3.07. The molecule has 0 amide bonds. The molecule has 114 valence electrons. The minimum atomic E-state index is -0.257. The number of rotatable bonds is 7. The molecule has 0 saturated carbocycles. The molecule has 0 bridgehead atoms. The molecular weight excluding hydrogens is 276 g/mol. The van der Waals surface area contributed by atoms with E-state index in [0.29, 0.717) is 13.2 Å². The fourth-order valence-electron chi connectivity index (χ4n) is 1.98. The van der Waals surface area contributed by atoms with Gasteiger partial charge in [0.2, 0.25) is 0 Å². The van der Waals surface area contributed by atoms with Crippen LogP contribution in [0.15, 0.2) is 60.7 Å². The number of hydrogen-bond donors (Lipinski definition) is 0. The van der Waals surface area contributed by atoms with Crippen LogP contribution in [0.4, 0.5) is 0 Å². The van der Waals surface area contributed by atoms with E-state index in [1.807, 2.05) is 73.7 Å². The number of esters is 1. The van der Waals surface area contributed by atoms with Crippen molar-refractivity contribution < 1.29 is 14.3 Å². The molecular formula is C19H20O3. The lowest BCUT2D eigenvalue weighted by atomic mass is 10.2. The van der Waals surface area contributed by atoms with Crippen molar-refractivity contribution in [1.29, 1.82) is 0 Å². The van der Waals surface area contributed by atoms with Crippen molar-refractivity contribution >= 4 is 12.0 Å². The van der Waals surface area contributed by atoms with Gasteiger partial charge in [-0.05, 0) is 18.6 Å². The molecule has 3 nitrogen and oxygen atoms in total. The molecule has 0 heterocycles. The molecule has 0 spiro atoms. The van der Waals surface area contributed by atoms with E-state index in [1.54, 1.807) is 0 Å².